The van der Waals surface area contributed by atoms with Crippen LogP contribution >= 0.6 is 0 Å². The minimum atomic E-state index is -0.518. The topological polar surface area (TPSA) is 52.5 Å². The summed E-state index contributed by atoms with van der Waals surface area (Å²) >= 11 is 0. The Labute approximate surface area is 92.9 Å². The van der Waals surface area contributed by atoms with Crippen LogP contribution in [0.4, 0.5) is 0 Å². The molecule has 0 saturated heterocycles. The molecule has 0 aromatic carbocycles. The van der Waals surface area contributed by atoms with E-state index in [1.807, 2.05) is 6.92 Å². The van der Waals surface area contributed by atoms with Gasteiger partial charge in [0.15, 0.2) is 0 Å². The molecule has 1 aliphatic carbocycles. The van der Waals surface area contributed by atoms with Crippen LogP contribution < -0.4 is 5.32 Å². The number of hydrogen-bond donors (Lipinski definition) is 3. The monoisotopic (exact) mass is 215 g/mol. The van der Waals surface area contributed by atoms with Gasteiger partial charge in [0.1, 0.15) is 0 Å². The first-order valence-corrected chi connectivity index (χ1v) is 6.14. The van der Waals surface area contributed by atoms with Crippen molar-refractivity contribution in [2.24, 2.45) is 5.92 Å². The largest absolute Gasteiger partial charge is 0.394 e. The molecule has 90 valence electrons. The van der Waals surface area contributed by atoms with Crippen LogP contribution in [0.5, 0.6) is 0 Å². The molecule has 1 saturated carbocycles. The third kappa shape index (κ3) is 3.44. The molecule has 15 heavy (non-hydrogen) atoms. The summed E-state index contributed by atoms with van der Waals surface area (Å²) in [5.41, 5.74) is -0.518. The second-order valence-corrected chi connectivity index (χ2v) is 5.08. The van der Waals surface area contributed by atoms with Gasteiger partial charge in [0.25, 0.3) is 0 Å². The lowest BCUT2D eigenvalue weighted by molar-refractivity contribution is 0.0763. The van der Waals surface area contributed by atoms with Crippen LogP contribution in [0.2, 0.25) is 0 Å². The average Bonchev–Trinajstić information content (AvgIpc) is 2.29. The van der Waals surface area contributed by atoms with Crippen LogP contribution in [-0.2, 0) is 0 Å². The molecule has 2 unspecified atom stereocenters. The lowest BCUT2D eigenvalue weighted by Gasteiger charge is -2.38. The molecular weight excluding hydrogens is 190 g/mol. The Hall–Kier alpha value is -0.120. The Balaban J connectivity index is 2.53. The Kier molecular flexibility index (Phi) is 5.03. The quantitative estimate of drug-likeness (QED) is 0.648. The average molecular weight is 215 g/mol. The molecular formula is C12H25NO2. The summed E-state index contributed by atoms with van der Waals surface area (Å²) < 4.78 is 0. The summed E-state index contributed by atoms with van der Waals surface area (Å²) in [4.78, 5) is 0. The zero-order valence-electron chi connectivity index (χ0n) is 10.00. The standard InChI is InChI=1S/C12H25NO2/c1-3-10-6-4-5-7-11(10)13-12(2,8-14)9-15/h10-11,13-15H,3-9H2,1-2H3. The smallest absolute Gasteiger partial charge is 0.0633 e. The molecule has 3 nitrogen and oxygen atoms in total. The van der Waals surface area contributed by atoms with Crippen molar-refractivity contribution in [2.75, 3.05) is 13.2 Å². The van der Waals surface area contributed by atoms with E-state index in [0.29, 0.717) is 12.0 Å². The Morgan fingerprint density at radius 1 is 1.20 bits per heavy atom. The minimum absolute atomic E-state index is 0.00354. The highest BCUT2D eigenvalue weighted by atomic mass is 16.3. The molecule has 0 aliphatic heterocycles. The fourth-order valence-corrected chi connectivity index (χ4v) is 2.48. The van der Waals surface area contributed by atoms with Gasteiger partial charge >= 0.3 is 0 Å². The van der Waals surface area contributed by atoms with E-state index < -0.39 is 5.54 Å². The Morgan fingerprint density at radius 2 is 1.80 bits per heavy atom. The molecule has 3 heteroatoms. The van der Waals surface area contributed by atoms with Gasteiger partial charge in [-0.1, -0.05) is 26.2 Å². The van der Waals surface area contributed by atoms with Crippen molar-refractivity contribution >= 4 is 0 Å². The van der Waals surface area contributed by atoms with Gasteiger partial charge in [-0.25, -0.2) is 0 Å². The van der Waals surface area contributed by atoms with Crippen molar-refractivity contribution in [1.29, 1.82) is 0 Å². The molecule has 1 fully saturated rings. The maximum Gasteiger partial charge on any atom is 0.0633 e. The lowest BCUT2D eigenvalue weighted by Crippen LogP contribution is -2.56. The van der Waals surface area contributed by atoms with E-state index in [1.165, 1.54) is 32.1 Å². The molecule has 0 amide bonds. The zero-order valence-corrected chi connectivity index (χ0v) is 10.00. The van der Waals surface area contributed by atoms with Crippen molar-refractivity contribution in [3.05, 3.63) is 0 Å². The number of rotatable bonds is 5. The fourth-order valence-electron chi connectivity index (χ4n) is 2.48. The van der Waals surface area contributed by atoms with E-state index in [4.69, 9.17) is 0 Å². The van der Waals surface area contributed by atoms with Gasteiger partial charge in [-0.2, -0.15) is 0 Å². The second-order valence-electron chi connectivity index (χ2n) is 5.08. The highest BCUT2D eigenvalue weighted by Gasteiger charge is 2.30. The van der Waals surface area contributed by atoms with Gasteiger partial charge in [-0.15, -0.1) is 0 Å². The van der Waals surface area contributed by atoms with Gasteiger partial charge in [-0.05, 0) is 25.7 Å². The van der Waals surface area contributed by atoms with Gasteiger partial charge in [-0.3, -0.25) is 0 Å². The van der Waals surface area contributed by atoms with Crippen LogP contribution in [0.3, 0.4) is 0 Å². The molecule has 0 aromatic rings. The number of aliphatic hydroxyl groups is 2. The van der Waals surface area contributed by atoms with Crippen LogP contribution in [0, 0.1) is 5.92 Å². The molecule has 2 atom stereocenters. The molecule has 3 N–H and O–H groups in total. The van der Waals surface area contributed by atoms with Crippen molar-refractivity contribution in [2.45, 2.75) is 57.5 Å². The van der Waals surface area contributed by atoms with E-state index >= 15 is 0 Å². The number of nitrogens with one attached hydrogen (secondary N) is 1. The third-order valence-electron chi connectivity index (χ3n) is 3.67. The van der Waals surface area contributed by atoms with Crippen LogP contribution in [0.15, 0.2) is 0 Å². The summed E-state index contributed by atoms with van der Waals surface area (Å²) in [6.45, 7) is 4.10. The summed E-state index contributed by atoms with van der Waals surface area (Å²) in [5.74, 6) is 0.705. The summed E-state index contributed by atoms with van der Waals surface area (Å²) in [5, 5.41) is 21.9. The Morgan fingerprint density at radius 3 is 2.33 bits per heavy atom. The van der Waals surface area contributed by atoms with Crippen molar-refractivity contribution < 1.29 is 10.2 Å². The molecule has 0 heterocycles. The predicted octanol–water partition coefficient (Wildman–Crippen LogP) is 1.29. The summed E-state index contributed by atoms with van der Waals surface area (Å²) in [7, 11) is 0. The first-order valence-electron chi connectivity index (χ1n) is 6.14. The molecule has 0 spiro atoms. The normalized spacial score (nSPS) is 28.0. The lowest BCUT2D eigenvalue weighted by atomic mass is 9.81. The maximum absolute atomic E-state index is 9.25. The van der Waals surface area contributed by atoms with Crippen LogP contribution in [0.1, 0.15) is 46.0 Å². The molecule has 0 radical (unpaired) electrons. The van der Waals surface area contributed by atoms with Crippen molar-refractivity contribution in [3.63, 3.8) is 0 Å². The van der Waals surface area contributed by atoms with Gasteiger partial charge in [0.05, 0.1) is 18.8 Å². The second kappa shape index (κ2) is 5.83. The van der Waals surface area contributed by atoms with E-state index in [1.54, 1.807) is 0 Å². The number of aliphatic hydroxyl groups excluding tert-OH is 2. The summed E-state index contributed by atoms with van der Waals surface area (Å²) in [6.07, 6.45) is 6.23. The van der Waals surface area contributed by atoms with E-state index in [2.05, 4.69) is 12.2 Å². The Bertz CT molecular complexity index is 180. The first kappa shape index (κ1) is 12.9. The predicted molar refractivity (Wildman–Crippen MR) is 61.7 cm³/mol. The third-order valence-corrected chi connectivity index (χ3v) is 3.67. The summed E-state index contributed by atoms with van der Waals surface area (Å²) in [6, 6.07) is 0.466. The number of hydrogen-bond acceptors (Lipinski definition) is 3. The van der Waals surface area contributed by atoms with Crippen molar-refractivity contribution in [1.82, 2.24) is 5.32 Å². The van der Waals surface area contributed by atoms with E-state index in [0.717, 1.165) is 0 Å². The molecule has 0 aromatic heterocycles. The van der Waals surface area contributed by atoms with Crippen LogP contribution in [-0.4, -0.2) is 35.0 Å². The molecule has 0 bridgehead atoms. The fraction of sp³-hybridized carbons (Fsp3) is 1.00. The van der Waals surface area contributed by atoms with Gasteiger partial charge in [0.2, 0.25) is 0 Å². The highest BCUT2D eigenvalue weighted by Crippen LogP contribution is 2.28. The highest BCUT2D eigenvalue weighted by molar-refractivity contribution is 4.89. The van der Waals surface area contributed by atoms with E-state index in [9.17, 15) is 10.2 Å². The zero-order chi connectivity index (χ0) is 11.3. The molecule has 1 aliphatic rings. The van der Waals surface area contributed by atoms with Crippen molar-refractivity contribution in [3.8, 4) is 0 Å². The van der Waals surface area contributed by atoms with Gasteiger partial charge in [0, 0.05) is 6.04 Å². The first-order chi connectivity index (χ1) is 7.15. The van der Waals surface area contributed by atoms with Gasteiger partial charge < -0.3 is 15.5 Å². The van der Waals surface area contributed by atoms with E-state index in [-0.39, 0.29) is 13.2 Å². The molecule has 1 rings (SSSR count). The minimum Gasteiger partial charge on any atom is -0.394 e. The SMILES string of the molecule is CCC1CCCCC1NC(C)(CO)CO. The van der Waals surface area contributed by atoms with Crippen LogP contribution in [0.25, 0.3) is 0 Å². The maximum atomic E-state index is 9.25.